The average Bonchev–Trinajstić information content (AvgIpc) is 2.46. The highest BCUT2D eigenvalue weighted by Crippen LogP contribution is 2.28. The molecule has 0 saturated heterocycles. The molecule has 0 aromatic rings. The fraction of sp³-hybridized carbons (Fsp3) is 0.455. The topological polar surface area (TPSA) is 52.6 Å². The highest BCUT2D eigenvalue weighted by Gasteiger charge is 2.35. The summed E-state index contributed by atoms with van der Waals surface area (Å²) in [5.74, 6) is -0.0447. The lowest BCUT2D eigenvalue weighted by Gasteiger charge is -2.08. The van der Waals surface area contributed by atoms with E-state index < -0.39 is 12.1 Å². The van der Waals surface area contributed by atoms with Crippen molar-refractivity contribution >= 4 is 11.8 Å². The van der Waals surface area contributed by atoms with E-state index in [1.165, 1.54) is 14.0 Å². The normalized spacial score (nSPS) is 20.4. The number of ketones is 1. The molecule has 0 aromatic carbocycles. The maximum Gasteiger partial charge on any atom is 0.303 e. The van der Waals surface area contributed by atoms with Crippen molar-refractivity contribution in [1.29, 1.82) is 0 Å². The van der Waals surface area contributed by atoms with E-state index in [0.29, 0.717) is 24.2 Å². The molecule has 0 N–H and O–H groups in total. The number of esters is 1. The van der Waals surface area contributed by atoms with Gasteiger partial charge in [0.2, 0.25) is 5.78 Å². The zero-order valence-electron chi connectivity index (χ0n) is 8.91. The van der Waals surface area contributed by atoms with E-state index in [4.69, 9.17) is 9.47 Å². The molecule has 0 saturated carbocycles. The Kier molecular flexibility index (Phi) is 3.66. The molecule has 1 rings (SSSR count). The van der Waals surface area contributed by atoms with Crippen LogP contribution in [-0.4, -0.2) is 25.0 Å². The Hall–Kier alpha value is -1.58. The first-order valence-electron chi connectivity index (χ1n) is 4.68. The number of Topliss-reactive ketones (excluding diaryl/α,β-unsaturated/α-hetero) is 1. The van der Waals surface area contributed by atoms with Gasteiger partial charge in [-0.25, -0.2) is 0 Å². The largest absolute Gasteiger partial charge is 0.501 e. The van der Waals surface area contributed by atoms with E-state index in [1.54, 1.807) is 6.08 Å². The van der Waals surface area contributed by atoms with Gasteiger partial charge in [0.15, 0.2) is 6.10 Å². The molecule has 1 aliphatic carbocycles. The molecular formula is C11H14O4. The maximum absolute atomic E-state index is 11.7. The van der Waals surface area contributed by atoms with Gasteiger partial charge in [-0.15, -0.1) is 6.58 Å². The number of methoxy groups -OCH3 is 1. The molecule has 0 spiro atoms. The minimum absolute atomic E-state index is 0.179. The second kappa shape index (κ2) is 4.77. The lowest BCUT2D eigenvalue weighted by atomic mass is 10.1. The summed E-state index contributed by atoms with van der Waals surface area (Å²) in [5, 5.41) is 0. The zero-order chi connectivity index (χ0) is 11.4. The zero-order valence-corrected chi connectivity index (χ0v) is 8.91. The Morgan fingerprint density at radius 1 is 1.67 bits per heavy atom. The van der Waals surface area contributed by atoms with Crippen LogP contribution in [0.25, 0.3) is 0 Å². The summed E-state index contributed by atoms with van der Waals surface area (Å²) in [6.45, 7) is 4.85. The molecule has 0 aromatic heterocycles. The van der Waals surface area contributed by atoms with Crippen LogP contribution in [-0.2, 0) is 19.1 Å². The second-order valence-corrected chi connectivity index (χ2v) is 3.27. The molecule has 4 heteroatoms. The predicted molar refractivity (Wildman–Crippen MR) is 54.0 cm³/mol. The number of hydrogen-bond acceptors (Lipinski definition) is 4. The van der Waals surface area contributed by atoms with E-state index in [1.807, 2.05) is 0 Å². The molecule has 1 aliphatic rings. The molecule has 82 valence electrons. The van der Waals surface area contributed by atoms with Crippen LogP contribution in [0.2, 0.25) is 0 Å². The van der Waals surface area contributed by atoms with Crippen molar-refractivity contribution < 1.29 is 19.1 Å². The molecular weight excluding hydrogens is 196 g/mol. The molecule has 0 unspecified atom stereocenters. The van der Waals surface area contributed by atoms with Crippen molar-refractivity contribution in [2.24, 2.45) is 0 Å². The summed E-state index contributed by atoms with van der Waals surface area (Å²) in [6.07, 6.45) is 1.69. The highest BCUT2D eigenvalue weighted by atomic mass is 16.5. The molecule has 0 bridgehead atoms. The van der Waals surface area contributed by atoms with Gasteiger partial charge in [0.05, 0.1) is 13.5 Å². The first kappa shape index (κ1) is 11.5. The summed E-state index contributed by atoms with van der Waals surface area (Å²) >= 11 is 0. The van der Waals surface area contributed by atoms with Crippen LogP contribution in [0.1, 0.15) is 19.8 Å². The van der Waals surface area contributed by atoms with Gasteiger partial charge in [0.25, 0.3) is 0 Å². The van der Waals surface area contributed by atoms with Crippen molar-refractivity contribution in [3.63, 3.8) is 0 Å². The van der Waals surface area contributed by atoms with Gasteiger partial charge in [-0.1, -0.05) is 6.08 Å². The Labute approximate surface area is 88.6 Å². The van der Waals surface area contributed by atoms with Gasteiger partial charge in [0, 0.05) is 12.5 Å². The Balaban J connectivity index is 2.79. The lowest BCUT2D eigenvalue weighted by molar-refractivity contribution is -0.151. The SMILES string of the molecule is C=CCC1=C(OC)C[C@@H](OC(C)=O)C1=O. The van der Waals surface area contributed by atoms with E-state index in [2.05, 4.69) is 6.58 Å². The third-order valence-corrected chi connectivity index (χ3v) is 2.20. The summed E-state index contributed by atoms with van der Waals surface area (Å²) < 4.78 is 9.97. The Morgan fingerprint density at radius 3 is 2.80 bits per heavy atom. The van der Waals surface area contributed by atoms with Crippen LogP contribution in [0.4, 0.5) is 0 Å². The fourth-order valence-electron chi connectivity index (χ4n) is 1.58. The van der Waals surface area contributed by atoms with Gasteiger partial charge in [-0.2, -0.15) is 0 Å². The molecule has 1 atom stereocenters. The summed E-state index contributed by atoms with van der Waals surface area (Å²) in [6, 6.07) is 0. The minimum atomic E-state index is -0.715. The van der Waals surface area contributed by atoms with Crippen LogP contribution >= 0.6 is 0 Å². The molecule has 4 nitrogen and oxygen atoms in total. The number of carbonyl (C=O) groups is 2. The Morgan fingerprint density at radius 2 is 2.33 bits per heavy atom. The van der Waals surface area contributed by atoms with Crippen molar-refractivity contribution in [1.82, 2.24) is 0 Å². The lowest BCUT2D eigenvalue weighted by Crippen LogP contribution is -2.22. The summed E-state index contributed by atoms with van der Waals surface area (Å²) in [4.78, 5) is 22.5. The van der Waals surface area contributed by atoms with Crippen LogP contribution < -0.4 is 0 Å². The number of allylic oxidation sites excluding steroid dienone is 1. The van der Waals surface area contributed by atoms with E-state index in [9.17, 15) is 9.59 Å². The van der Waals surface area contributed by atoms with Crippen LogP contribution in [0.3, 0.4) is 0 Å². The standard InChI is InChI=1S/C11H14O4/c1-4-5-8-9(14-3)6-10(11(8)13)15-7(2)12/h4,10H,1,5-6H2,2-3H3/t10-/m1/s1. The predicted octanol–water partition coefficient (Wildman–Crippen LogP) is 1.37. The smallest absolute Gasteiger partial charge is 0.303 e. The minimum Gasteiger partial charge on any atom is -0.501 e. The maximum atomic E-state index is 11.7. The van der Waals surface area contributed by atoms with E-state index >= 15 is 0 Å². The van der Waals surface area contributed by atoms with E-state index in [-0.39, 0.29) is 5.78 Å². The van der Waals surface area contributed by atoms with Gasteiger partial charge >= 0.3 is 5.97 Å². The van der Waals surface area contributed by atoms with Gasteiger partial charge in [0.1, 0.15) is 5.76 Å². The van der Waals surface area contributed by atoms with Gasteiger partial charge in [-0.3, -0.25) is 9.59 Å². The average molecular weight is 210 g/mol. The van der Waals surface area contributed by atoms with Crippen LogP contribution in [0.5, 0.6) is 0 Å². The molecule has 0 amide bonds. The Bertz CT molecular complexity index is 327. The van der Waals surface area contributed by atoms with Crippen molar-refractivity contribution in [3.05, 3.63) is 24.0 Å². The second-order valence-electron chi connectivity index (χ2n) is 3.27. The highest BCUT2D eigenvalue weighted by molar-refractivity contribution is 6.02. The van der Waals surface area contributed by atoms with Crippen molar-refractivity contribution in [3.8, 4) is 0 Å². The van der Waals surface area contributed by atoms with E-state index in [0.717, 1.165) is 0 Å². The van der Waals surface area contributed by atoms with Crippen molar-refractivity contribution in [2.75, 3.05) is 7.11 Å². The summed E-state index contributed by atoms with van der Waals surface area (Å²) in [7, 11) is 1.50. The first-order valence-corrected chi connectivity index (χ1v) is 4.68. The third kappa shape index (κ3) is 2.46. The number of rotatable bonds is 4. The number of hydrogen-bond donors (Lipinski definition) is 0. The number of ether oxygens (including phenoxy) is 2. The number of carbonyl (C=O) groups excluding carboxylic acids is 2. The molecule has 0 radical (unpaired) electrons. The van der Waals surface area contributed by atoms with Gasteiger partial charge < -0.3 is 9.47 Å². The molecule has 0 aliphatic heterocycles. The van der Waals surface area contributed by atoms with Crippen LogP contribution in [0, 0.1) is 0 Å². The van der Waals surface area contributed by atoms with Gasteiger partial charge in [-0.05, 0) is 6.42 Å². The summed E-state index contributed by atoms with van der Waals surface area (Å²) in [5.41, 5.74) is 0.554. The fourth-order valence-corrected chi connectivity index (χ4v) is 1.58. The molecule has 0 fully saturated rings. The molecule has 0 heterocycles. The van der Waals surface area contributed by atoms with Crippen molar-refractivity contribution in [2.45, 2.75) is 25.9 Å². The third-order valence-electron chi connectivity index (χ3n) is 2.20. The quantitative estimate of drug-likeness (QED) is 0.519. The monoisotopic (exact) mass is 210 g/mol. The van der Waals surface area contributed by atoms with Crippen LogP contribution in [0.15, 0.2) is 24.0 Å². The molecule has 15 heavy (non-hydrogen) atoms. The first-order chi connectivity index (χ1) is 7.10.